The molecule has 0 atom stereocenters. The molecule has 0 amide bonds. The Kier molecular flexibility index (Phi) is 5.73. The number of allylic oxidation sites excluding steroid dienone is 4. The highest BCUT2D eigenvalue weighted by molar-refractivity contribution is 6.29. The lowest BCUT2D eigenvalue weighted by molar-refractivity contribution is 1.16. The highest BCUT2D eigenvalue weighted by Gasteiger charge is 2.23. The number of para-hydroxylation sites is 6. The van der Waals surface area contributed by atoms with Gasteiger partial charge in [0.05, 0.1) is 38.8 Å². The third-order valence-corrected chi connectivity index (χ3v) is 10.7. The SMILES string of the molecule is C1=C(c2ccccc2-n2c3ccccc3c3c4c5ccccc5n(-c5ccccc5)c4ccc32)CC=C1n1c2ccccc2c2ccccc21. The molecule has 3 aromatic heterocycles. The second-order valence-corrected chi connectivity index (χ2v) is 13.3. The molecule has 7 aromatic carbocycles. The van der Waals surface area contributed by atoms with Crippen molar-refractivity contribution in [3.05, 3.63) is 182 Å². The molecule has 3 heteroatoms. The third kappa shape index (κ3) is 3.75. The lowest BCUT2D eigenvalue weighted by Gasteiger charge is -2.15. The topological polar surface area (TPSA) is 14.8 Å². The van der Waals surface area contributed by atoms with Crippen LogP contribution in [0.5, 0.6) is 0 Å². The number of fused-ring (bicyclic) bond motifs is 10. The third-order valence-electron chi connectivity index (χ3n) is 10.7. The zero-order valence-electron chi connectivity index (χ0n) is 27.3. The fourth-order valence-electron chi connectivity index (χ4n) is 8.63. The van der Waals surface area contributed by atoms with Crippen LogP contribution in [-0.4, -0.2) is 13.7 Å². The first kappa shape index (κ1) is 27.4. The Bertz CT molecular complexity index is 3000. The summed E-state index contributed by atoms with van der Waals surface area (Å²) in [6.07, 6.45) is 5.66. The molecule has 1 aliphatic carbocycles. The van der Waals surface area contributed by atoms with Gasteiger partial charge in [-0.15, -0.1) is 0 Å². The first-order valence-electron chi connectivity index (χ1n) is 17.3. The Morgan fingerprint density at radius 2 is 0.840 bits per heavy atom. The summed E-state index contributed by atoms with van der Waals surface area (Å²) in [5.41, 5.74) is 13.5. The number of benzene rings is 7. The molecule has 0 aliphatic heterocycles. The standard InChI is InChI=1S/C47H31N3/c1-2-14-32(15-3-1)48-42-24-12-7-19-37(42)46-44(48)28-29-45-47(46)38-20-8-13-25-43(38)50(45)39-21-9-4-16-34(39)31-26-27-33(30-31)49-40-22-10-5-17-35(40)36-18-6-11-23-41(36)49/h1-25,27-30H,26H2. The van der Waals surface area contributed by atoms with E-state index in [0.717, 1.165) is 6.42 Å². The molecule has 0 saturated carbocycles. The second kappa shape index (κ2) is 10.5. The summed E-state index contributed by atoms with van der Waals surface area (Å²) in [5.74, 6) is 0. The zero-order valence-corrected chi connectivity index (χ0v) is 27.3. The summed E-state index contributed by atoms with van der Waals surface area (Å²) >= 11 is 0. The van der Waals surface area contributed by atoms with Gasteiger partial charge >= 0.3 is 0 Å². The quantitative estimate of drug-likeness (QED) is 0.182. The summed E-state index contributed by atoms with van der Waals surface area (Å²) in [6, 6.07) is 59.6. The van der Waals surface area contributed by atoms with Crippen molar-refractivity contribution in [3.63, 3.8) is 0 Å². The van der Waals surface area contributed by atoms with Crippen LogP contribution in [0.3, 0.4) is 0 Å². The Morgan fingerprint density at radius 3 is 1.48 bits per heavy atom. The van der Waals surface area contributed by atoms with E-state index in [1.165, 1.54) is 93.6 Å². The van der Waals surface area contributed by atoms with Gasteiger partial charge in [0.2, 0.25) is 0 Å². The number of aromatic nitrogens is 3. The van der Waals surface area contributed by atoms with Crippen LogP contribution >= 0.6 is 0 Å². The van der Waals surface area contributed by atoms with Gasteiger partial charge < -0.3 is 13.7 Å². The average molecular weight is 638 g/mol. The van der Waals surface area contributed by atoms with E-state index in [1.807, 2.05) is 0 Å². The minimum atomic E-state index is 0.874. The van der Waals surface area contributed by atoms with E-state index in [2.05, 4.69) is 190 Å². The predicted octanol–water partition coefficient (Wildman–Crippen LogP) is 12.3. The van der Waals surface area contributed by atoms with Crippen LogP contribution in [0.2, 0.25) is 0 Å². The summed E-state index contributed by atoms with van der Waals surface area (Å²) in [6.45, 7) is 0. The molecule has 0 N–H and O–H groups in total. The maximum Gasteiger partial charge on any atom is 0.0549 e. The fourth-order valence-corrected chi connectivity index (χ4v) is 8.63. The molecular weight excluding hydrogens is 607 g/mol. The minimum Gasteiger partial charge on any atom is -0.310 e. The van der Waals surface area contributed by atoms with E-state index in [9.17, 15) is 0 Å². The normalized spacial score (nSPS) is 13.4. The molecule has 11 rings (SSSR count). The summed E-state index contributed by atoms with van der Waals surface area (Å²) in [7, 11) is 0. The highest BCUT2D eigenvalue weighted by atomic mass is 15.0. The molecule has 10 aromatic rings. The summed E-state index contributed by atoms with van der Waals surface area (Å²) < 4.78 is 7.34. The Labute approximate surface area is 288 Å². The van der Waals surface area contributed by atoms with E-state index in [1.54, 1.807) is 0 Å². The molecule has 0 spiro atoms. The number of hydrogen-bond acceptors (Lipinski definition) is 0. The van der Waals surface area contributed by atoms with Crippen molar-refractivity contribution in [2.24, 2.45) is 0 Å². The summed E-state index contributed by atoms with van der Waals surface area (Å²) in [4.78, 5) is 0. The lowest BCUT2D eigenvalue weighted by Crippen LogP contribution is -1.99. The van der Waals surface area contributed by atoms with E-state index < -0.39 is 0 Å². The number of rotatable bonds is 4. The van der Waals surface area contributed by atoms with Crippen LogP contribution < -0.4 is 0 Å². The van der Waals surface area contributed by atoms with E-state index in [4.69, 9.17) is 0 Å². The van der Waals surface area contributed by atoms with Crippen LogP contribution in [0, 0.1) is 0 Å². The van der Waals surface area contributed by atoms with Crippen molar-refractivity contribution < 1.29 is 0 Å². The van der Waals surface area contributed by atoms with E-state index in [-0.39, 0.29) is 0 Å². The van der Waals surface area contributed by atoms with Crippen molar-refractivity contribution in [3.8, 4) is 11.4 Å². The maximum atomic E-state index is 2.49. The van der Waals surface area contributed by atoms with Crippen molar-refractivity contribution in [1.82, 2.24) is 13.7 Å². The van der Waals surface area contributed by atoms with Crippen molar-refractivity contribution >= 4 is 76.7 Å². The van der Waals surface area contributed by atoms with E-state index >= 15 is 0 Å². The minimum absolute atomic E-state index is 0.874. The van der Waals surface area contributed by atoms with Gasteiger partial charge in [0.15, 0.2) is 0 Å². The predicted molar refractivity (Wildman–Crippen MR) is 211 cm³/mol. The number of nitrogens with zero attached hydrogens (tertiary/aromatic N) is 3. The molecule has 3 nitrogen and oxygen atoms in total. The zero-order chi connectivity index (χ0) is 32.8. The van der Waals surface area contributed by atoms with Gasteiger partial charge in [0.1, 0.15) is 0 Å². The maximum absolute atomic E-state index is 2.49. The van der Waals surface area contributed by atoms with Gasteiger partial charge in [0, 0.05) is 49.3 Å². The number of hydrogen-bond donors (Lipinski definition) is 0. The highest BCUT2D eigenvalue weighted by Crippen LogP contribution is 2.44. The Hall–Kier alpha value is -6.58. The molecule has 0 bridgehead atoms. The van der Waals surface area contributed by atoms with Gasteiger partial charge in [-0.3, -0.25) is 0 Å². The van der Waals surface area contributed by atoms with Gasteiger partial charge in [-0.05, 0) is 72.7 Å². The molecule has 3 heterocycles. The van der Waals surface area contributed by atoms with Crippen LogP contribution in [0.4, 0.5) is 0 Å². The first-order chi connectivity index (χ1) is 24.8. The van der Waals surface area contributed by atoms with Crippen LogP contribution in [-0.2, 0) is 0 Å². The largest absolute Gasteiger partial charge is 0.310 e. The first-order valence-corrected chi connectivity index (χ1v) is 17.3. The van der Waals surface area contributed by atoms with Gasteiger partial charge in [0.25, 0.3) is 0 Å². The van der Waals surface area contributed by atoms with Gasteiger partial charge in [-0.25, -0.2) is 0 Å². The molecule has 0 radical (unpaired) electrons. The fraction of sp³-hybridized carbons (Fsp3) is 0.0213. The van der Waals surface area contributed by atoms with Crippen molar-refractivity contribution in [2.75, 3.05) is 0 Å². The lowest BCUT2D eigenvalue weighted by atomic mass is 10.0. The monoisotopic (exact) mass is 637 g/mol. The molecule has 234 valence electrons. The van der Waals surface area contributed by atoms with Crippen molar-refractivity contribution in [2.45, 2.75) is 6.42 Å². The molecule has 50 heavy (non-hydrogen) atoms. The van der Waals surface area contributed by atoms with E-state index in [0.29, 0.717) is 0 Å². The van der Waals surface area contributed by atoms with Gasteiger partial charge in [-0.2, -0.15) is 0 Å². The van der Waals surface area contributed by atoms with Crippen LogP contribution in [0.25, 0.3) is 88.1 Å². The molecular formula is C47H31N3. The van der Waals surface area contributed by atoms with Crippen LogP contribution in [0.15, 0.2) is 176 Å². The Morgan fingerprint density at radius 1 is 0.360 bits per heavy atom. The van der Waals surface area contributed by atoms with Crippen molar-refractivity contribution in [1.29, 1.82) is 0 Å². The molecule has 0 saturated heterocycles. The average Bonchev–Trinajstić information content (AvgIpc) is 3.95. The Balaban J connectivity index is 1.15. The smallest absolute Gasteiger partial charge is 0.0549 e. The van der Waals surface area contributed by atoms with Crippen LogP contribution in [0.1, 0.15) is 12.0 Å². The molecule has 1 aliphatic rings. The summed E-state index contributed by atoms with van der Waals surface area (Å²) in [5, 5.41) is 7.70. The second-order valence-electron chi connectivity index (χ2n) is 13.3. The molecule has 0 unspecified atom stereocenters. The van der Waals surface area contributed by atoms with Gasteiger partial charge in [-0.1, -0.05) is 115 Å². The molecule has 0 fully saturated rings.